The highest BCUT2D eigenvalue weighted by atomic mass is 16.5. The second-order valence-electron chi connectivity index (χ2n) is 6.97. The van der Waals surface area contributed by atoms with E-state index in [9.17, 15) is 10.1 Å². The molecule has 0 aliphatic heterocycles. The molecule has 0 fully saturated rings. The minimum Gasteiger partial charge on any atom is -0.489 e. The topological polar surface area (TPSA) is 77.1 Å². The molecule has 2 rings (SSSR count). The van der Waals surface area contributed by atoms with Gasteiger partial charge >= 0.3 is 0 Å². The van der Waals surface area contributed by atoms with Crippen molar-refractivity contribution in [1.29, 1.82) is 10.5 Å². The van der Waals surface area contributed by atoms with Crippen LogP contribution in [0.4, 0.5) is 0 Å². The van der Waals surface area contributed by atoms with E-state index in [1.54, 1.807) is 35.2 Å². The highest BCUT2D eigenvalue weighted by molar-refractivity contribution is 5.94. The molecule has 0 heterocycles. The van der Waals surface area contributed by atoms with Gasteiger partial charge in [-0.05, 0) is 36.6 Å². The van der Waals surface area contributed by atoms with Crippen molar-refractivity contribution in [2.24, 2.45) is 5.92 Å². The van der Waals surface area contributed by atoms with Gasteiger partial charge in [-0.15, -0.1) is 0 Å². The normalized spacial score (nSPS) is 10.2. The zero-order valence-electron chi connectivity index (χ0n) is 16.4. The lowest BCUT2D eigenvalue weighted by atomic mass is 10.1. The molecule has 0 spiro atoms. The van der Waals surface area contributed by atoms with Crippen molar-refractivity contribution in [3.63, 3.8) is 0 Å². The fourth-order valence-corrected chi connectivity index (χ4v) is 2.73. The first kappa shape index (κ1) is 21.0. The zero-order valence-corrected chi connectivity index (χ0v) is 16.4. The Morgan fingerprint density at radius 2 is 1.89 bits per heavy atom. The molecule has 2 aromatic rings. The maximum absolute atomic E-state index is 12.9. The number of nitrogens with zero attached hydrogens (tertiary/aromatic N) is 3. The standard InChI is InChI=1S/C23H25N3O2/c1-18(2)11-14-26(13-6-12-24)23(27)19-9-5-10-22(15-19)28-17-21-8-4-3-7-20(21)16-25/h3-5,7-10,15,18H,6,11,13-14,17H2,1-2H3. The second kappa shape index (κ2) is 10.7. The first-order valence-electron chi connectivity index (χ1n) is 9.42. The Bertz CT molecular complexity index is 878. The number of amides is 1. The molecule has 28 heavy (non-hydrogen) atoms. The summed E-state index contributed by atoms with van der Waals surface area (Å²) in [5, 5.41) is 18.1. The van der Waals surface area contributed by atoms with E-state index in [1.807, 2.05) is 18.2 Å². The van der Waals surface area contributed by atoms with E-state index in [1.165, 1.54) is 0 Å². The first-order chi connectivity index (χ1) is 13.5. The van der Waals surface area contributed by atoms with Gasteiger partial charge in [0.15, 0.2) is 0 Å². The third kappa shape index (κ3) is 6.14. The number of benzene rings is 2. The van der Waals surface area contributed by atoms with E-state index in [-0.39, 0.29) is 12.5 Å². The van der Waals surface area contributed by atoms with Crippen LogP contribution < -0.4 is 4.74 Å². The minimum absolute atomic E-state index is 0.0984. The summed E-state index contributed by atoms with van der Waals surface area (Å²) >= 11 is 0. The van der Waals surface area contributed by atoms with Crippen LogP contribution in [0, 0.1) is 28.6 Å². The van der Waals surface area contributed by atoms with Crippen molar-refractivity contribution in [1.82, 2.24) is 4.90 Å². The van der Waals surface area contributed by atoms with Gasteiger partial charge in [-0.2, -0.15) is 10.5 Å². The molecule has 0 saturated carbocycles. The fourth-order valence-electron chi connectivity index (χ4n) is 2.73. The average molecular weight is 375 g/mol. The van der Waals surface area contributed by atoms with E-state index < -0.39 is 0 Å². The number of carbonyl (C=O) groups is 1. The summed E-state index contributed by atoms with van der Waals surface area (Å²) in [7, 11) is 0. The van der Waals surface area contributed by atoms with Crippen LogP contribution in [0.1, 0.15) is 48.2 Å². The van der Waals surface area contributed by atoms with Crippen molar-refractivity contribution < 1.29 is 9.53 Å². The Morgan fingerprint density at radius 1 is 1.11 bits per heavy atom. The van der Waals surface area contributed by atoms with Gasteiger partial charge in [-0.3, -0.25) is 4.79 Å². The van der Waals surface area contributed by atoms with E-state index >= 15 is 0 Å². The van der Waals surface area contributed by atoms with Crippen LogP contribution in [-0.2, 0) is 6.61 Å². The molecule has 5 heteroatoms. The number of rotatable bonds is 9. The molecule has 0 N–H and O–H groups in total. The molecule has 0 bridgehead atoms. The molecule has 144 valence electrons. The van der Waals surface area contributed by atoms with Crippen LogP contribution in [-0.4, -0.2) is 23.9 Å². The quantitative estimate of drug-likeness (QED) is 0.645. The van der Waals surface area contributed by atoms with Crippen molar-refractivity contribution >= 4 is 5.91 Å². The van der Waals surface area contributed by atoms with Crippen LogP contribution in [0.25, 0.3) is 0 Å². The maximum atomic E-state index is 12.9. The first-order valence-corrected chi connectivity index (χ1v) is 9.42. The van der Waals surface area contributed by atoms with Crippen molar-refractivity contribution in [3.8, 4) is 17.9 Å². The van der Waals surface area contributed by atoms with Gasteiger partial charge < -0.3 is 9.64 Å². The Kier molecular flexibility index (Phi) is 8.06. The molecular weight excluding hydrogens is 350 g/mol. The highest BCUT2D eigenvalue weighted by Gasteiger charge is 2.16. The summed E-state index contributed by atoms with van der Waals surface area (Å²) in [6.07, 6.45) is 1.20. The number of hydrogen-bond acceptors (Lipinski definition) is 4. The SMILES string of the molecule is CC(C)CCN(CCC#N)C(=O)c1cccc(OCc2ccccc2C#N)c1. The third-order valence-electron chi connectivity index (χ3n) is 4.37. The zero-order chi connectivity index (χ0) is 20.4. The summed E-state index contributed by atoms with van der Waals surface area (Å²) in [6, 6.07) is 18.6. The monoisotopic (exact) mass is 375 g/mol. The van der Waals surface area contributed by atoms with Crippen LogP contribution in [0.15, 0.2) is 48.5 Å². The number of carbonyl (C=O) groups excluding carboxylic acids is 1. The molecule has 1 amide bonds. The highest BCUT2D eigenvalue weighted by Crippen LogP contribution is 2.18. The second-order valence-corrected chi connectivity index (χ2v) is 6.97. The lowest BCUT2D eigenvalue weighted by Gasteiger charge is -2.23. The molecule has 2 aromatic carbocycles. The van der Waals surface area contributed by atoms with Gasteiger partial charge in [0.25, 0.3) is 5.91 Å². The lowest BCUT2D eigenvalue weighted by Crippen LogP contribution is -2.33. The van der Waals surface area contributed by atoms with Gasteiger partial charge in [0.05, 0.1) is 24.1 Å². The van der Waals surface area contributed by atoms with Crippen molar-refractivity contribution in [2.75, 3.05) is 13.1 Å². The van der Waals surface area contributed by atoms with E-state index in [2.05, 4.69) is 26.0 Å². The van der Waals surface area contributed by atoms with Gasteiger partial charge in [0.2, 0.25) is 0 Å². The van der Waals surface area contributed by atoms with Crippen LogP contribution in [0.5, 0.6) is 5.75 Å². The van der Waals surface area contributed by atoms with Gasteiger partial charge in [-0.25, -0.2) is 0 Å². The Morgan fingerprint density at radius 3 is 2.61 bits per heavy atom. The smallest absolute Gasteiger partial charge is 0.254 e. The Labute approximate surface area is 166 Å². The molecule has 0 aromatic heterocycles. The van der Waals surface area contributed by atoms with E-state index in [0.717, 1.165) is 12.0 Å². The molecule has 0 unspecified atom stereocenters. The van der Waals surface area contributed by atoms with Crippen molar-refractivity contribution in [3.05, 3.63) is 65.2 Å². The summed E-state index contributed by atoms with van der Waals surface area (Å²) < 4.78 is 5.81. The molecule has 5 nitrogen and oxygen atoms in total. The Balaban J connectivity index is 2.10. The molecule has 0 aliphatic rings. The van der Waals surface area contributed by atoms with Crippen LogP contribution in [0.2, 0.25) is 0 Å². The molecule has 0 aliphatic carbocycles. The predicted molar refractivity (Wildman–Crippen MR) is 108 cm³/mol. The molecule has 0 atom stereocenters. The molecule has 0 radical (unpaired) electrons. The fraction of sp³-hybridized carbons (Fsp3) is 0.348. The minimum atomic E-state index is -0.0984. The molecular formula is C23H25N3O2. The van der Waals surface area contributed by atoms with Gasteiger partial charge in [0, 0.05) is 24.2 Å². The number of ether oxygens (including phenoxy) is 1. The van der Waals surface area contributed by atoms with Gasteiger partial charge in [-0.1, -0.05) is 38.1 Å². The predicted octanol–water partition coefficient (Wildman–Crippen LogP) is 4.54. The van der Waals surface area contributed by atoms with Gasteiger partial charge in [0.1, 0.15) is 12.4 Å². The summed E-state index contributed by atoms with van der Waals surface area (Å²) in [5.41, 5.74) is 1.91. The van der Waals surface area contributed by atoms with Crippen LogP contribution >= 0.6 is 0 Å². The largest absolute Gasteiger partial charge is 0.489 e. The molecule has 0 saturated heterocycles. The average Bonchev–Trinajstić information content (AvgIpc) is 2.72. The lowest BCUT2D eigenvalue weighted by molar-refractivity contribution is 0.0751. The van der Waals surface area contributed by atoms with Crippen LogP contribution in [0.3, 0.4) is 0 Å². The summed E-state index contributed by atoms with van der Waals surface area (Å²) in [6.45, 7) is 5.52. The maximum Gasteiger partial charge on any atom is 0.254 e. The Hall–Kier alpha value is -3.31. The number of hydrogen-bond donors (Lipinski definition) is 0. The van der Waals surface area contributed by atoms with Crippen molar-refractivity contribution in [2.45, 2.75) is 33.3 Å². The third-order valence-corrected chi connectivity index (χ3v) is 4.37. The van der Waals surface area contributed by atoms with E-state index in [0.29, 0.717) is 42.3 Å². The summed E-state index contributed by atoms with van der Waals surface area (Å²) in [4.78, 5) is 14.6. The summed E-state index contributed by atoms with van der Waals surface area (Å²) in [5.74, 6) is 0.953. The van der Waals surface area contributed by atoms with E-state index in [4.69, 9.17) is 10.00 Å². The number of nitriles is 2.